The second kappa shape index (κ2) is 5.50. The molecule has 0 saturated heterocycles. The van der Waals surface area contributed by atoms with Crippen LogP contribution in [0.1, 0.15) is 10.4 Å². The molecular weight excluding hydrogens is 306 g/mol. The van der Waals surface area contributed by atoms with Crippen molar-refractivity contribution in [1.29, 1.82) is 0 Å². The number of amides is 1. The van der Waals surface area contributed by atoms with Crippen molar-refractivity contribution in [1.82, 2.24) is 9.38 Å². The van der Waals surface area contributed by atoms with E-state index in [1.807, 2.05) is 0 Å². The summed E-state index contributed by atoms with van der Waals surface area (Å²) in [6.07, 6.45) is 1.47. The van der Waals surface area contributed by atoms with Crippen LogP contribution >= 0.6 is 11.6 Å². The van der Waals surface area contributed by atoms with Crippen molar-refractivity contribution in [2.75, 3.05) is 5.32 Å². The standard InChI is InChI=1S/C15H10ClN3O3/c16-9-4-3-5-10(8-9)17-13(20)12-14(21)18-11-6-1-2-7-19(11)15(12)22/h1-8,21H,(H,17,20). The molecule has 7 heteroatoms. The van der Waals surface area contributed by atoms with Crippen LogP contribution in [0.2, 0.25) is 5.02 Å². The second-order valence-electron chi connectivity index (χ2n) is 4.51. The third kappa shape index (κ3) is 2.51. The second-order valence-corrected chi connectivity index (χ2v) is 4.95. The molecule has 0 aliphatic carbocycles. The summed E-state index contributed by atoms with van der Waals surface area (Å²) in [4.78, 5) is 28.4. The van der Waals surface area contributed by atoms with Crippen molar-refractivity contribution in [3.8, 4) is 5.88 Å². The van der Waals surface area contributed by atoms with Gasteiger partial charge in [-0.15, -0.1) is 0 Å². The average Bonchev–Trinajstić information content (AvgIpc) is 2.47. The van der Waals surface area contributed by atoms with E-state index in [9.17, 15) is 14.7 Å². The molecule has 1 amide bonds. The Balaban J connectivity index is 2.06. The Bertz CT molecular complexity index is 937. The summed E-state index contributed by atoms with van der Waals surface area (Å²) in [5.74, 6) is -1.37. The van der Waals surface area contributed by atoms with Gasteiger partial charge >= 0.3 is 0 Å². The number of pyridine rings is 1. The zero-order chi connectivity index (χ0) is 15.7. The minimum absolute atomic E-state index is 0.254. The van der Waals surface area contributed by atoms with Gasteiger partial charge < -0.3 is 10.4 Å². The number of hydrogen-bond donors (Lipinski definition) is 2. The lowest BCUT2D eigenvalue weighted by molar-refractivity contribution is 0.102. The van der Waals surface area contributed by atoms with E-state index in [4.69, 9.17) is 11.6 Å². The van der Waals surface area contributed by atoms with Crippen LogP contribution in [-0.2, 0) is 0 Å². The van der Waals surface area contributed by atoms with E-state index in [0.29, 0.717) is 10.7 Å². The number of rotatable bonds is 2. The molecule has 3 aromatic rings. The number of halogens is 1. The summed E-state index contributed by atoms with van der Waals surface area (Å²) < 4.78 is 1.19. The van der Waals surface area contributed by atoms with Gasteiger partial charge in [-0.05, 0) is 30.3 Å². The highest BCUT2D eigenvalue weighted by atomic mass is 35.5. The summed E-state index contributed by atoms with van der Waals surface area (Å²) in [6, 6.07) is 11.3. The molecule has 6 nitrogen and oxygen atoms in total. The van der Waals surface area contributed by atoms with Gasteiger partial charge in [0.2, 0.25) is 5.88 Å². The minimum Gasteiger partial charge on any atom is -0.493 e. The fourth-order valence-corrected chi connectivity index (χ4v) is 2.23. The third-order valence-corrected chi connectivity index (χ3v) is 3.26. The molecule has 2 aromatic heterocycles. The maximum absolute atomic E-state index is 12.3. The summed E-state index contributed by atoms with van der Waals surface area (Å²) in [5, 5.41) is 12.8. The lowest BCUT2D eigenvalue weighted by atomic mass is 10.2. The number of fused-ring (bicyclic) bond motifs is 1. The number of benzene rings is 1. The lowest BCUT2D eigenvalue weighted by Crippen LogP contribution is -2.27. The number of aromatic hydroxyl groups is 1. The van der Waals surface area contributed by atoms with Crippen molar-refractivity contribution in [3.05, 3.63) is 69.6 Å². The van der Waals surface area contributed by atoms with Crippen LogP contribution in [0.5, 0.6) is 5.88 Å². The van der Waals surface area contributed by atoms with Crippen LogP contribution in [0.4, 0.5) is 5.69 Å². The smallest absolute Gasteiger partial charge is 0.274 e. The zero-order valence-electron chi connectivity index (χ0n) is 11.2. The van der Waals surface area contributed by atoms with Crippen LogP contribution in [0, 0.1) is 0 Å². The van der Waals surface area contributed by atoms with Crippen LogP contribution in [-0.4, -0.2) is 20.4 Å². The number of carbonyl (C=O) groups excluding carboxylic acids is 1. The molecule has 0 spiro atoms. The number of carbonyl (C=O) groups is 1. The molecule has 0 unspecified atom stereocenters. The Morgan fingerprint density at radius 3 is 2.82 bits per heavy atom. The van der Waals surface area contributed by atoms with Gasteiger partial charge in [0.25, 0.3) is 11.5 Å². The molecule has 110 valence electrons. The SMILES string of the molecule is O=C(Nc1cccc(Cl)c1)c1c(O)nc2ccccn2c1=O. The molecule has 0 fully saturated rings. The predicted molar refractivity (Wildman–Crippen MR) is 82.5 cm³/mol. The van der Waals surface area contributed by atoms with Gasteiger partial charge in [0.1, 0.15) is 5.65 Å². The summed E-state index contributed by atoms with van der Waals surface area (Å²) in [5.41, 5.74) is -0.412. The first-order valence-corrected chi connectivity index (χ1v) is 6.71. The van der Waals surface area contributed by atoms with Crippen LogP contribution in [0.25, 0.3) is 5.65 Å². The number of nitrogens with one attached hydrogen (secondary N) is 1. The van der Waals surface area contributed by atoms with Gasteiger partial charge in [-0.2, -0.15) is 4.98 Å². The van der Waals surface area contributed by atoms with Crippen molar-refractivity contribution in [2.45, 2.75) is 0 Å². The molecule has 0 aliphatic heterocycles. The Hall–Kier alpha value is -2.86. The topological polar surface area (TPSA) is 83.7 Å². The summed E-state index contributed by atoms with van der Waals surface area (Å²) >= 11 is 5.84. The molecular formula is C15H10ClN3O3. The van der Waals surface area contributed by atoms with E-state index in [2.05, 4.69) is 10.3 Å². The van der Waals surface area contributed by atoms with E-state index in [0.717, 1.165) is 0 Å². The molecule has 0 aliphatic rings. The molecule has 1 aromatic carbocycles. The zero-order valence-corrected chi connectivity index (χ0v) is 11.9. The van der Waals surface area contributed by atoms with E-state index < -0.39 is 22.9 Å². The van der Waals surface area contributed by atoms with E-state index in [1.165, 1.54) is 16.7 Å². The molecule has 2 N–H and O–H groups in total. The Morgan fingerprint density at radius 2 is 2.05 bits per heavy atom. The van der Waals surface area contributed by atoms with Gasteiger partial charge in [0, 0.05) is 16.9 Å². The van der Waals surface area contributed by atoms with E-state index >= 15 is 0 Å². The van der Waals surface area contributed by atoms with Crippen LogP contribution in [0.3, 0.4) is 0 Å². The van der Waals surface area contributed by atoms with Crippen molar-refractivity contribution >= 4 is 28.8 Å². The first-order valence-electron chi connectivity index (χ1n) is 6.33. The summed E-state index contributed by atoms with van der Waals surface area (Å²) in [7, 11) is 0. The molecule has 0 radical (unpaired) electrons. The van der Waals surface area contributed by atoms with Gasteiger partial charge in [-0.3, -0.25) is 14.0 Å². The maximum atomic E-state index is 12.3. The van der Waals surface area contributed by atoms with E-state index in [1.54, 1.807) is 36.4 Å². The lowest BCUT2D eigenvalue weighted by Gasteiger charge is -2.08. The Labute approximate surface area is 129 Å². The Kier molecular flexibility index (Phi) is 3.52. The van der Waals surface area contributed by atoms with Crippen molar-refractivity contribution < 1.29 is 9.90 Å². The Morgan fingerprint density at radius 1 is 1.23 bits per heavy atom. The first kappa shape index (κ1) is 14.1. The monoisotopic (exact) mass is 315 g/mol. The maximum Gasteiger partial charge on any atom is 0.274 e. The normalized spacial score (nSPS) is 10.6. The highest BCUT2D eigenvalue weighted by Crippen LogP contribution is 2.17. The van der Waals surface area contributed by atoms with Crippen molar-refractivity contribution in [3.63, 3.8) is 0 Å². The minimum atomic E-state index is -0.754. The third-order valence-electron chi connectivity index (χ3n) is 3.02. The van der Waals surface area contributed by atoms with Gasteiger partial charge in [-0.1, -0.05) is 23.7 Å². The number of nitrogens with zero attached hydrogens (tertiary/aromatic N) is 2. The fraction of sp³-hybridized carbons (Fsp3) is 0. The molecule has 0 atom stereocenters. The van der Waals surface area contributed by atoms with Gasteiger partial charge in [0.15, 0.2) is 5.56 Å². The largest absolute Gasteiger partial charge is 0.493 e. The van der Waals surface area contributed by atoms with Gasteiger partial charge in [0.05, 0.1) is 0 Å². The van der Waals surface area contributed by atoms with Crippen LogP contribution < -0.4 is 10.9 Å². The molecule has 3 rings (SSSR count). The fourth-order valence-electron chi connectivity index (χ4n) is 2.04. The number of aromatic nitrogens is 2. The van der Waals surface area contributed by atoms with Gasteiger partial charge in [-0.25, -0.2) is 0 Å². The summed E-state index contributed by atoms with van der Waals surface area (Å²) in [6.45, 7) is 0. The number of anilines is 1. The predicted octanol–water partition coefficient (Wildman–Crippen LogP) is 2.31. The quantitative estimate of drug-likeness (QED) is 0.760. The van der Waals surface area contributed by atoms with E-state index in [-0.39, 0.29) is 5.65 Å². The number of hydrogen-bond acceptors (Lipinski definition) is 4. The highest BCUT2D eigenvalue weighted by molar-refractivity contribution is 6.31. The molecule has 0 saturated carbocycles. The molecule has 0 bridgehead atoms. The average molecular weight is 316 g/mol. The highest BCUT2D eigenvalue weighted by Gasteiger charge is 2.19. The molecule has 2 heterocycles. The van der Waals surface area contributed by atoms with Crippen molar-refractivity contribution in [2.24, 2.45) is 0 Å². The molecule has 22 heavy (non-hydrogen) atoms. The van der Waals surface area contributed by atoms with Crippen LogP contribution in [0.15, 0.2) is 53.5 Å². The first-order chi connectivity index (χ1) is 10.6.